The zero-order valence-corrected chi connectivity index (χ0v) is 10.8. The Morgan fingerprint density at radius 1 is 1.20 bits per heavy atom. The van der Waals surface area contributed by atoms with Crippen molar-refractivity contribution in [2.45, 2.75) is 6.92 Å². The summed E-state index contributed by atoms with van der Waals surface area (Å²) in [5.74, 6) is -1.03. The molecule has 0 aliphatic carbocycles. The molecule has 6 nitrogen and oxygen atoms in total. The van der Waals surface area contributed by atoms with Gasteiger partial charge in [-0.1, -0.05) is 6.07 Å². The number of aromatic amines is 1. The van der Waals surface area contributed by atoms with Gasteiger partial charge < -0.3 is 10.7 Å². The predicted octanol–water partition coefficient (Wildman–Crippen LogP) is 1.15. The topological polar surface area (TPSA) is 96.3 Å². The number of nitrogen functional groups attached to an aromatic ring is 1. The largest absolute Gasteiger partial charge is 0.399 e. The number of nitrogens with one attached hydrogen (secondary N) is 1. The Kier molecular flexibility index (Phi) is 3.65. The van der Waals surface area contributed by atoms with Crippen LogP contribution >= 0.6 is 0 Å². The van der Waals surface area contributed by atoms with Crippen LogP contribution in [0.1, 0.15) is 17.3 Å². The summed E-state index contributed by atoms with van der Waals surface area (Å²) in [7, 11) is 0. The van der Waals surface area contributed by atoms with Gasteiger partial charge in [-0.3, -0.25) is 14.4 Å². The second-order valence-corrected chi connectivity index (χ2v) is 4.20. The quantitative estimate of drug-likeness (QED) is 0.801. The zero-order chi connectivity index (χ0) is 14.7. The number of benzene rings is 1. The van der Waals surface area contributed by atoms with Gasteiger partial charge in [0, 0.05) is 30.4 Å². The number of H-pyrrole nitrogens is 1. The molecule has 0 radical (unpaired) electrons. The highest BCUT2D eigenvalue weighted by Crippen LogP contribution is 2.19. The molecular weight excluding hydrogens is 258 g/mol. The van der Waals surface area contributed by atoms with Crippen molar-refractivity contribution < 1.29 is 9.59 Å². The highest BCUT2D eigenvalue weighted by atomic mass is 16.2. The number of nitrogens with zero attached hydrogens (tertiary/aromatic N) is 1. The summed E-state index contributed by atoms with van der Waals surface area (Å²) in [6.07, 6.45) is 1.35. The molecule has 6 heteroatoms. The fourth-order valence-corrected chi connectivity index (χ4v) is 1.81. The molecule has 0 bridgehead atoms. The summed E-state index contributed by atoms with van der Waals surface area (Å²) in [6, 6.07) is 9.00. The van der Waals surface area contributed by atoms with E-state index in [4.69, 9.17) is 5.73 Å². The Morgan fingerprint density at radius 3 is 2.55 bits per heavy atom. The van der Waals surface area contributed by atoms with E-state index in [-0.39, 0.29) is 5.56 Å². The minimum absolute atomic E-state index is 0.131. The maximum atomic E-state index is 12.4. The molecule has 102 valence electrons. The van der Waals surface area contributed by atoms with Gasteiger partial charge in [0.2, 0.25) is 11.5 Å². The summed E-state index contributed by atoms with van der Waals surface area (Å²) in [6.45, 7) is 1.27. The fourth-order valence-electron chi connectivity index (χ4n) is 1.81. The van der Waals surface area contributed by atoms with Crippen molar-refractivity contribution in [3.63, 3.8) is 0 Å². The Labute approximate surface area is 114 Å². The van der Waals surface area contributed by atoms with E-state index >= 15 is 0 Å². The Bertz CT molecular complexity index is 721. The van der Waals surface area contributed by atoms with Gasteiger partial charge in [0.05, 0.1) is 5.69 Å². The molecule has 0 unspecified atom stereocenters. The van der Waals surface area contributed by atoms with Gasteiger partial charge in [-0.25, -0.2) is 4.90 Å². The second-order valence-electron chi connectivity index (χ2n) is 4.20. The van der Waals surface area contributed by atoms with Gasteiger partial charge in [0.1, 0.15) is 0 Å². The van der Waals surface area contributed by atoms with Crippen LogP contribution in [0.25, 0.3) is 0 Å². The first-order chi connectivity index (χ1) is 9.49. The van der Waals surface area contributed by atoms with Crippen molar-refractivity contribution >= 4 is 23.2 Å². The predicted molar refractivity (Wildman–Crippen MR) is 75.4 cm³/mol. The molecule has 20 heavy (non-hydrogen) atoms. The second kappa shape index (κ2) is 5.40. The van der Waals surface area contributed by atoms with Crippen molar-refractivity contribution in [2.75, 3.05) is 10.6 Å². The summed E-state index contributed by atoms with van der Waals surface area (Å²) in [5, 5.41) is 0. The lowest BCUT2D eigenvalue weighted by Crippen LogP contribution is -2.35. The van der Waals surface area contributed by atoms with Crippen LogP contribution in [0.3, 0.4) is 0 Å². The summed E-state index contributed by atoms with van der Waals surface area (Å²) < 4.78 is 0. The van der Waals surface area contributed by atoms with Crippen molar-refractivity contribution in [3.05, 3.63) is 58.5 Å². The summed E-state index contributed by atoms with van der Waals surface area (Å²) >= 11 is 0. The smallest absolute Gasteiger partial charge is 0.265 e. The maximum Gasteiger partial charge on any atom is 0.265 e. The van der Waals surface area contributed by atoms with Crippen LogP contribution < -0.4 is 16.2 Å². The van der Waals surface area contributed by atoms with E-state index in [9.17, 15) is 14.4 Å². The molecule has 1 aromatic carbocycles. The summed E-state index contributed by atoms with van der Waals surface area (Å²) in [4.78, 5) is 38.7. The molecule has 3 N–H and O–H groups in total. The van der Waals surface area contributed by atoms with E-state index in [1.807, 2.05) is 0 Å². The summed E-state index contributed by atoms with van der Waals surface area (Å²) in [5.41, 5.74) is 6.18. The maximum absolute atomic E-state index is 12.4. The normalized spacial score (nSPS) is 10.1. The lowest BCUT2D eigenvalue weighted by atomic mass is 10.2. The van der Waals surface area contributed by atoms with E-state index in [1.54, 1.807) is 18.2 Å². The first-order valence-corrected chi connectivity index (χ1v) is 5.88. The fraction of sp³-hybridized carbons (Fsp3) is 0.0714. The lowest BCUT2D eigenvalue weighted by Gasteiger charge is -2.19. The van der Waals surface area contributed by atoms with Crippen LogP contribution in [0.2, 0.25) is 0 Å². The van der Waals surface area contributed by atoms with E-state index in [2.05, 4.69) is 4.98 Å². The van der Waals surface area contributed by atoms with Crippen LogP contribution in [-0.4, -0.2) is 16.8 Å². The minimum atomic E-state index is -0.575. The Morgan fingerprint density at radius 2 is 1.95 bits per heavy atom. The Hall–Kier alpha value is -2.89. The molecule has 0 spiro atoms. The molecule has 0 aliphatic heterocycles. The van der Waals surface area contributed by atoms with Gasteiger partial charge in [0.25, 0.3) is 5.91 Å². The first-order valence-electron chi connectivity index (χ1n) is 5.88. The van der Waals surface area contributed by atoms with Gasteiger partial charge >= 0.3 is 0 Å². The van der Waals surface area contributed by atoms with E-state index in [0.717, 1.165) is 11.0 Å². The highest BCUT2D eigenvalue weighted by Gasteiger charge is 2.22. The molecular formula is C14H13N3O3. The number of aromatic nitrogens is 1. The molecule has 1 aromatic heterocycles. The number of imide groups is 1. The van der Waals surface area contributed by atoms with Crippen molar-refractivity contribution in [2.24, 2.45) is 0 Å². The number of anilines is 2. The lowest BCUT2D eigenvalue weighted by molar-refractivity contribution is -0.115. The molecule has 0 fully saturated rings. The number of nitrogens with two attached hydrogens (primary N) is 1. The molecule has 0 saturated heterocycles. The van der Waals surface area contributed by atoms with Gasteiger partial charge in [0.15, 0.2) is 0 Å². The monoisotopic (exact) mass is 271 g/mol. The number of amides is 2. The number of rotatable bonds is 2. The number of carbonyl (C=O) groups excluding carboxylic acids is 2. The first kappa shape index (κ1) is 13.5. The van der Waals surface area contributed by atoms with E-state index < -0.39 is 17.4 Å². The SMILES string of the molecule is CC(=O)N(C(=O)c1cc[nH]c(=O)c1)c1cccc(N)c1. The van der Waals surface area contributed by atoms with Gasteiger partial charge in [-0.15, -0.1) is 0 Å². The van der Waals surface area contributed by atoms with Crippen LogP contribution in [-0.2, 0) is 4.79 Å². The van der Waals surface area contributed by atoms with E-state index in [0.29, 0.717) is 11.4 Å². The van der Waals surface area contributed by atoms with Crippen LogP contribution in [0.5, 0.6) is 0 Å². The third kappa shape index (κ3) is 2.74. The molecule has 1 heterocycles. The third-order valence-electron chi connectivity index (χ3n) is 2.67. The molecule has 2 aromatic rings. The molecule has 2 amide bonds. The van der Waals surface area contributed by atoms with Crippen LogP contribution in [0, 0.1) is 0 Å². The third-order valence-corrected chi connectivity index (χ3v) is 2.67. The minimum Gasteiger partial charge on any atom is -0.399 e. The highest BCUT2D eigenvalue weighted by molar-refractivity contribution is 6.20. The van der Waals surface area contributed by atoms with Crippen molar-refractivity contribution in [1.29, 1.82) is 0 Å². The Balaban J connectivity index is 2.47. The molecule has 0 saturated carbocycles. The van der Waals surface area contributed by atoms with Crippen molar-refractivity contribution in [3.8, 4) is 0 Å². The molecule has 2 rings (SSSR count). The number of hydrogen-bond donors (Lipinski definition) is 2. The standard InChI is InChI=1S/C14H13N3O3/c1-9(18)17(12-4-2-3-11(15)8-12)14(20)10-5-6-16-13(19)7-10/h2-8H,15H2,1H3,(H,16,19). The zero-order valence-electron chi connectivity index (χ0n) is 10.8. The number of pyridine rings is 1. The van der Waals surface area contributed by atoms with Gasteiger partial charge in [-0.05, 0) is 24.3 Å². The molecule has 0 atom stereocenters. The number of carbonyl (C=O) groups is 2. The molecule has 0 aliphatic rings. The van der Waals surface area contributed by atoms with Crippen LogP contribution in [0.15, 0.2) is 47.4 Å². The van der Waals surface area contributed by atoms with Crippen molar-refractivity contribution in [1.82, 2.24) is 4.98 Å². The average Bonchev–Trinajstić information content (AvgIpc) is 2.38. The van der Waals surface area contributed by atoms with Crippen LogP contribution in [0.4, 0.5) is 11.4 Å². The van der Waals surface area contributed by atoms with Gasteiger partial charge in [-0.2, -0.15) is 0 Å². The number of hydrogen-bond acceptors (Lipinski definition) is 4. The average molecular weight is 271 g/mol. The van der Waals surface area contributed by atoms with E-state index in [1.165, 1.54) is 25.3 Å².